The van der Waals surface area contributed by atoms with E-state index in [1.165, 1.54) is 12.8 Å². The van der Waals surface area contributed by atoms with Gasteiger partial charge in [0.05, 0.1) is 23.3 Å². The predicted octanol–water partition coefficient (Wildman–Crippen LogP) is 2.21. The molecular weight excluding hydrogens is 232 g/mol. The Balaban J connectivity index is 1.89. The maximum atomic E-state index is 5.61. The average Bonchev–Trinajstić information content (AvgIpc) is 2.53. The van der Waals surface area contributed by atoms with Crippen LogP contribution in [0.5, 0.6) is 0 Å². The Labute approximate surface area is 86.2 Å². The summed E-state index contributed by atoms with van der Waals surface area (Å²) < 4.78 is 8.58. The van der Waals surface area contributed by atoms with Gasteiger partial charge < -0.3 is 4.74 Å². The molecule has 0 saturated carbocycles. The zero-order valence-corrected chi connectivity index (χ0v) is 9.03. The van der Waals surface area contributed by atoms with E-state index in [9.17, 15) is 0 Å². The zero-order chi connectivity index (χ0) is 9.10. The molecule has 0 N–H and O–H groups in total. The Morgan fingerprint density at radius 3 is 3.15 bits per heavy atom. The van der Waals surface area contributed by atoms with Crippen LogP contribution in [0.2, 0.25) is 0 Å². The van der Waals surface area contributed by atoms with Gasteiger partial charge in [0.2, 0.25) is 0 Å². The van der Waals surface area contributed by atoms with Gasteiger partial charge in [0.25, 0.3) is 0 Å². The smallest absolute Gasteiger partial charge is 0.0770 e. The Hall–Kier alpha value is -0.350. The summed E-state index contributed by atoms with van der Waals surface area (Å²) in [4.78, 5) is 0. The number of hydrogen-bond acceptors (Lipinski definition) is 2. The van der Waals surface area contributed by atoms with Gasteiger partial charge in [0, 0.05) is 12.8 Å². The van der Waals surface area contributed by atoms with Gasteiger partial charge in [-0.05, 0) is 35.2 Å². The van der Waals surface area contributed by atoms with Gasteiger partial charge in [-0.3, -0.25) is 4.68 Å². The summed E-state index contributed by atoms with van der Waals surface area (Å²) in [5.74, 6) is 0. The molecule has 1 aromatic heterocycles. The molecule has 0 aromatic carbocycles. The average molecular weight is 245 g/mol. The highest BCUT2D eigenvalue weighted by molar-refractivity contribution is 9.10. The highest BCUT2D eigenvalue weighted by atomic mass is 79.9. The molecule has 72 valence electrons. The van der Waals surface area contributed by atoms with Gasteiger partial charge in [-0.2, -0.15) is 5.10 Å². The van der Waals surface area contributed by atoms with E-state index in [2.05, 4.69) is 21.0 Å². The van der Waals surface area contributed by atoms with E-state index >= 15 is 0 Å². The number of rotatable bonds is 2. The maximum Gasteiger partial charge on any atom is 0.0770 e. The summed E-state index contributed by atoms with van der Waals surface area (Å²) in [7, 11) is 0. The van der Waals surface area contributed by atoms with Gasteiger partial charge in [0.1, 0.15) is 0 Å². The SMILES string of the molecule is Brc1cnn(CC2CCCCO2)c1. The number of hydrogen-bond donors (Lipinski definition) is 0. The van der Waals surface area contributed by atoms with Crippen molar-refractivity contribution in [1.29, 1.82) is 0 Å². The molecular formula is C9H13BrN2O. The topological polar surface area (TPSA) is 27.1 Å². The van der Waals surface area contributed by atoms with Crippen LogP contribution in [0, 0.1) is 0 Å². The van der Waals surface area contributed by atoms with Crippen molar-refractivity contribution in [3.8, 4) is 0 Å². The fourth-order valence-electron chi connectivity index (χ4n) is 1.60. The van der Waals surface area contributed by atoms with Gasteiger partial charge in [-0.25, -0.2) is 0 Å². The third-order valence-corrected chi connectivity index (χ3v) is 2.68. The van der Waals surface area contributed by atoms with E-state index in [1.807, 2.05) is 17.1 Å². The van der Waals surface area contributed by atoms with E-state index in [0.717, 1.165) is 24.0 Å². The molecule has 3 nitrogen and oxygen atoms in total. The van der Waals surface area contributed by atoms with Gasteiger partial charge in [-0.15, -0.1) is 0 Å². The molecule has 1 saturated heterocycles. The molecule has 4 heteroatoms. The van der Waals surface area contributed by atoms with Gasteiger partial charge >= 0.3 is 0 Å². The van der Waals surface area contributed by atoms with Crippen LogP contribution >= 0.6 is 15.9 Å². The molecule has 1 atom stereocenters. The highest BCUT2D eigenvalue weighted by Crippen LogP contribution is 2.15. The van der Waals surface area contributed by atoms with Crippen molar-refractivity contribution in [2.24, 2.45) is 0 Å². The summed E-state index contributed by atoms with van der Waals surface area (Å²) in [5.41, 5.74) is 0. The summed E-state index contributed by atoms with van der Waals surface area (Å²) in [6.45, 7) is 1.79. The molecule has 2 rings (SSSR count). The lowest BCUT2D eigenvalue weighted by molar-refractivity contribution is 0.00398. The molecule has 0 amide bonds. The third kappa shape index (κ3) is 2.54. The first-order valence-electron chi connectivity index (χ1n) is 4.64. The Bertz CT molecular complexity index is 268. The molecule has 1 fully saturated rings. The Kier molecular flexibility index (Phi) is 3.01. The summed E-state index contributed by atoms with van der Waals surface area (Å²) in [6, 6.07) is 0. The minimum Gasteiger partial charge on any atom is -0.376 e. The second kappa shape index (κ2) is 4.24. The van der Waals surface area contributed by atoms with Crippen molar-refractivity contribution in [3.63, 3.8) is 0 Å². The third-order valence-electron chi connectivity index (χ3n) is 2.27. The minimum absolute atomic E-state index is 0.362. The van der Waals surface area contributed by atoms with E-state index < -0.39 is 0 Å². The van der Waals surface area contributed by atoms with Crippen molar-refractivity contribution < 1.29 is 4.74 Å². The van der Waals surface area contributed by atoms with E-state index in [1.54, 1.807) is 0 Å². The molecule has 1 aliphatic rings. The normalized spacial score (nSPS) is 23.3. The molecule has 13 heavy (non-hydrogen) atoms. The van der Waals surface area contributed by atoms with E-state index in [0.29, 0.717) is 6.10 Å². The second-order valence-electron chi connectivity index (χ2n) is 3.37. The summed E-state index contributed by atoms with van der Waals surface area (Å²) in [5, 5.41) is 4.20. The van der Waals surface area contributed by atoms with Crippen molar-refractivity contribution in [2.75, 3.05) is 6.61 Å². The fraction of sp³-hybridized carbons (Fsp3) is 0.667. The predicted molar refractivity (Wildman–Crippen MR) is 53.5 cm³/mol. The Morgan fingerprint density at radius 2 is 2.54 bits per heavy atom. The molecule has 1 unspecified atom stereocenters. The molecule has 0 radical (unpaired) electrons. The number of ether oxygens (including phenoxy) is 1. The van der Waals surface area contributed by atoms with Crippen molar-refractivity contribution in [2.45, 2.75) is 31.9 Å². The molecule has 1 aromatic rings. The lowest BCUT2D eigenvalue weighted by Gasteiger charge is -2.22. The summed E-state index contributed by atoms with van der Waals surface area (Å²) in [6.07, 6.45) is 7.81. The van der Waals surface area contributed by atoms with Crippen molar-refractivity contribution in [1.82, 2.24) is 9.78 Å². The van der Waals surface area contributed by atoms with Crippen LogP contribution in [0.15, 0.2) is 16.9 Å². The van der Waals surface area contributed by atoms with E-state index in [4.69, 9.17) is 4.74 Å². The lowest BCUT2D eigenvalue weighted by atomic mass is 10.1. The van der Waals surface area contributed by atoms with Crippen molar-refractivity contribution >= 4 is 15.9 Å². The first-order valence-corrected chi connectivity index (χ1v) is 5.43. The van der Waals surface area contributed by atoms with Crippen LogP contribution in [0.1, 0.15) is 19.3 Å². The summed E-state index contributed by atoms with van der Waals surface area (Å²) >= 11 is 3.37. The van der Waals surface area contributed by atoms with E-state index in [-0.39, 0.29) is 0 Å². The van der Waals surface area contributed by atoms with Crippen LogP contribution in [0.3, 0.4) is 0 Å². The van der Waals surface area contributed by atoms with Crippen LogP contribution in [0.25, 0.3) is 0 Å². The van der Waals surface area contributed by atoms with Crippen LogP contribution in [-0.4, -0.2) is 22.5 Å². The largest absolute Gasteiger partial charge is 0.376 e. The Morgan fingerprint density at radius 1 is 1.62 bits per heavy atom. The lowest BCUT2D eigenvalue weighted by Crippen LogP contribution is -2.24. The zero-order valence-electron chi connectivity index (χ0n) is 7.45. The standard InChI is InChI=1S/C9H13BrN2O/c10-8-5-11-12(6-8)7-9-3-1-2-4-13-9/h5-6,9H,1-4,7H2. The number of nitrogens with zero attached hydrogens (tertiary/aromatic N) is 2. The van der Waals surface area contributed by atoms with Crippen LogP contribution in [-0.2, 0) is 11.3 Å². The monoisotopic (exact) mass is 244 g/mol. The van der Waals surface area contributed by atoms with Gasteiger partial charge in [-0.1, -0.05) is 0 Å². The molecule has 1 aliphatic heterocycles. The number of aromatic nitrogens is 2. The van der Waals surface area contributed by atoms with Crippen LogP contribution < -0.4 is 0 Å². The first-order chi connectivity index (χ1) is 6.34. The first kappa shape index (κ1) is 9.21. The van der Waals surface area contributed by atoms with Crippen LogP contribution in [0.4, 0.5) is 0 Å². The highest BCUT2D eigenvalue weighted by Gasteiger charge is 2.14. The second-order valence-corrected chi connectivity index (χ2v) is 4.28. The molecule has 0 aliphatic carbocycles. The number of halogens is 1. The molecule has 2 heterocycles. The minimum atomic E-state index is 0.362. The molecule has 0 bridgehead atoms. The maximum absolute atomic E-state index is 5.61. The molecule has 0 spiro atoms. The quantitative estimate of drug-likeness (QED) is 0.798. The van der Waals surface area contributed by atoms with Gasteiger partial charge in [0.15, 0.2) is 0 Å². The fourth-order valence-corrected chi connectivity index (χ4v) is 1.93. The van der Waals surface area contributed by atoms with Crippen molar-refractivity contribution in [3.05, 3.63) is 16.9 Å².